The molecule has 0 saturated heterocycles. The van der Waals surface area contributed by atoms with Crippen molar-refractivity contribution < 1.29 is 37.0 Å². The second kappa shape index (κ2) is 10.7. The Hall–Kier alpha value is -4.09. The van der Waals surface area contributed by atoms with Crippen molar-refractivity contribution in [2.45, 2.75) is 20.0 Å². The Bertz CT molecular complexity index is 1580. The third-order valence-corrected chi connectivity index (χ3v) is 6.76. The molecule has 0 unspecified atom stereocenters. The number of aromatic carboxylic acids is 1. The van der Waals surface area contributed by atoms with Gasteiger partial charge in [-0.1, -0.05) is 6.07 Å². The standard InChI is InChI=1S/C27H27FN2O7S/c1-16(2)36-24-14-21-23(15-22(24)30(11-12-31)38(3,34)35)37-26(25(21)27(32)33)17-7-9-19(10-8-17)29-20-6-4-5-18(28)13-20/h4-10,13-16,29,31H,11-12H2,1-3H3,(H,32,33). The number of ether oxygens (including phenoxy) is 1. The molecule has 3 N–H and O–H groups in total. The van der Waals surface area contributed by atoms with E-state index >= 15 is 0 Å². The fraction of sp³-hybridized carbons (Fsp3) is 0.222. The number of rotatable bonds is 10. The molecule has 0 aliphatic carbocycles. The molecule has 0 saturated carbocycles. The predicted octanol–water partition coefficient (Wildman–Crippen LogP) is 5.23. The fourth-order valence-electron chi connectivity index (χ4n) is 4.06. The van der Waals surface area contributed by atoms with E-state index in [-0.39, 0.29) is 52.2 Å². The summed E-state index contributed by atoms with van der Waals surface area (Å²) in [6.45, 7) is 2.84. The summed E-state index contributed by atoms with van der Waals surface area (Å²) < 4.78 is 51.3. The molecular weight excluding hydrogens is 515 g/mol. The largest absolute Gasteiger partial charge is 0.489 e. The van der Waals surface area contributed by atoms with Crippen LogP contribution in [-0.4, -0.2) is 50.1 Å². The van der Waals surface area contributed by atoms with Gasteiger partial charge < -0.3 is 24.7 Å². The van der Waals surface area contributed by atoms with Crippen LogP contribution >= 0.6 is 0 Å². The Balaban J connectivity index is 1.83. The van der Waals surface area contributed by atoms with Crippen molar-refractivity contribution in [1.82, 2.24) is 0 Å². The molecule has 11 heteroatoms. The number of benzene rings is 3. The Morgan fingerprint density at radius 1 is 1.11 bits per heavy atom. The molecule has 1 heterocycles. The molecule has 4 aromatic rings. The first-order chi connectivity index (χ1) is 18.0. The van der Waals surface area contributed by atoms with Crippen LogP contribution in [0.4, 0.5) is 21.5 Å². The van der Waals surface area contributed by atoms with E-state index < -0.39 is 22.6 Å². The lowest BCUT2D eigenvalue weighted by atomic mass is 10.0. The number of carboxylic acid groups (broad SMARTS) is 1. The molecule has 0 bridgehead atoms. The zero-order valence-corrected chi connectivity index (χ0v) is 21.8. The van der Waals surface area contributed by atoms with Crippen molar-refractivity contribution in [3.05, 3.63) is 72.0 Å². The van der Waals surface area contributed by atoms with E-state index in [1.54, 1.807) is 50.2 Å². The average molecular weight is 543 g/mol. The molecule has 4 rings (SSSR count). The van der Waals surface area contributed by atoms with Gasteiger partial charge in [0, 0.05) is 28.4 Å². The third kappa shape index (κ3) is 5.74. The lowest BCUT2D eigenvalue weighted by Crippen LogP contribution is -2.33. The first-order valence-electron chi connectivity index (χ1n) is 11.7. The number of aliphatic hydroxyl groups excluding tert-OH is 1. The first-order valence-corrected chi connectivity index (χ1v) is 13.5. The number of carbonyl (C=O) groups is 1. The van der Waals surface area contributed by atoms with Crippen molar-refractivity contribution >= 4 is 44.0 Å². The van der Waals surface area contributed by atoms with Crippen LogP contribution < -0.4 is 14.4 Å². The van der Waals surface area contributed by atoms with Gasteiger partial charge in [-0.15, -0.1) is 0 Å². The van der Waals surface area contributed by atoms with E-state index in [4.69, 9.17) is 9.15 Å². The SMILES string of the molecule is CC(C)Oc1cc2c(C(=O)O)c(-c3ccc(Nc4cccc(F)c4)cc3)oc2cc1N(CCO)S(C)(=O)=O. The predicted molar refractivity (Wildman–Crippen MR) is 143 cm³/mol. The number of nitrogens with one attached hydrogen (secondary N) is 1. The van der Waals surface area contributed by atoms with Crippen LogP contribution in [0.5, 0.6) is 5.75 Å². The van der Waals surface area contributed by atoms with Crippen LogP contribution in [0, 0.1) is 5.82 Å². The number of furan rings is 1. The van der Waals surface area contributed by atoms with E-state index in [1.165, 1.54) is 24.3 Å². The van der Waals surface area contributed by atoms with Gasteiger partial charge in [-0.2, -0.15) is 0 Å². The molecule has 9 nitrogen and oxygen atoms in total. The Morgan fingerprint density at radius 3 is 2.39 bits per heavy atom. The van der Waals surface area contributed by atoms with Crippen molar-refractivity contribution in [3.63, 3.8) is 0 Å². The van der Waals surface area contributed by atoms with Crippen LogP contribution in [0.3, 0.4) is 0 Å². The number of halogens is 1. The zero-order chi connectivity index (χ0) is 27.6. The van der Waals surface area contributed by atoms with Gasteiger partial charge in [0.25, 0.3) is 0 Å². The number of sulfonamides is 1. The second-order valence-electron chi connectivity index (χ2n) is 8.87. The maximum atomic E-state index is 13.5. The Labute approximate surface area is 219 Å². The first kappa shape index (κ1) is 27.0. The van der Waals surface area contributed by atoms with Crippen LogP contribution in [0.1, 0.15) is 24.2 Å². The molecule has 3 aromatic carbocycles. The highest BCUT2D eigenvalue weighted by molar-refractivity contribution is 7.92. The molecule has 0 aliphatic heterocycles. The number of aliphatic hydroxyl groups is 1. The zero-order valence-electron chi connectivity index (χ0n) is 20.9. The lowest BCUT2D eigenvalue weighted by Gasteiger charge is -2.24. The summed E-state index contributed by atoms with van der Waals surface area (Å²) in [6.07, 6.45) is 0.654. The van der Waals surface area contributed by atoms with Crippen molar-refractivity contribution in [1.29, 1.82) is 0 Å². The molecule has 38 heavy (non-hydrogen) atoms. The van der Waals surface area contributed by atoms with Crippen LogP contribution in [0.2, 0.25) is 0 Å². The number of anilines is 3. The number of carboxylic acids is 1. The van der Waals surface area contributed by atoms with E-state index in [0.29, 0.717) is 16.9 Å². The van der Waals surface area contributed by atoms with Gasteiger partial charge in [0.15, 0.2) is 0 Å². The lowest BCUT2D eigenvalue weighted by molar-refractivity contribution is 0.0699. The van der Waals surface area contributed by atoms with Crippen molar-refractivity contribution in [3.8, 4) is 17.1 Å². The third-order valence-electron chi connectivity index (χ3n) is 5.58. The van der Waals surface area contributed by atoms with Crippen LogP contribution in [0.25, 0.3) is 22.3 Å². The molecule has 1 aromatic heterocycles. The van der Waals surface area contributed by atoms with Gasteiger partial charge in [0.2, 0.25) is 10.0 Å². The topological polar surface area (TPSA) is 129 Å². The van der Waals surface area contributed by atoms with Gasteiger partial charge in [-0.05, 0) is 62.4 Å². The minimum atomic E-state index is -3.81. The number of nitrogens with zero attached hydrogens (tertiary/aromatic N) is 1. The summed E-state index contributed by atoms with van der Waals surface area (Å²) in [5.74, 6) is -1.41. The number of hydrogen-bond donors (Lipinski definition) is 3. The number of fused-ring (bicyclic) bond motifs is 1. The molecule has 0 spiro atoms. The Morgan fingerprint density at radius 2 is 1.82 bits per heavy atom. The van der Waals surface area contributed by atoms with Crippen LogP contribution in [-0.2, 0) is 10.0 Å². The maximum absolute atomic E-state index is 13.5. The minimum Gasteiger partial charge on any atom is -0.489 e. The fourth-order valence-corrected chi connectivity index (χ4v) is 4.98. The molecule has 0 amide bonds. The average Bonchev–Trinajstić information content (AvgIpc) is 3.20. The maximum Gasteiger partial charge on any atom is 0.340 e. The molecule has 200 valence electrons. The van der Waals surface area contributed by atoms with E-state index in [9.17, 15) is 27.8 Å². The highest BCUT2D eigenvalue weighted by Crippen LogP contribution is 2.41. The summed E-state index contributed by atoms with van der Waals surface area (Å²) in [4.78, 5) is 12.3. The minimum absolute atomic E-state index is 0.0746. The summed E-state index contributed by atoms with van der Waals surface area (Å²) in [5, 5.41) is 22.8. The van der Waals surface area contributed by atoms with E-state index in [2.05, 4.69) is 5.32 Å². The molecular formula is C27H27FN2O7S. The van der Waals surface area contributed by atoms with E-state index in [1.807, 2.05) is 0 Å². The summed E-state index contributed by atoms with van der Waals surface area (Å²) in [5.41, 5.74) is 1.81. The normalized spacial score (nSPS) is 11.6. The summed E-state index contributed by atoms with van der Waals surface area (Å²) in [7, 11) is -3.81. The van der Waals surface area contributed by atoms with Crippen LogP contribution in [0.15, 0.2) is 65.1 Å². The Kier molecular flexibility index (Phi) is 7.61. The van der Waals surface area contributed by atoms with Gasteiger partial charge in [0.05, 0.1) is 31.2 Å². The second-order valence-corrected chi connectivity index (χ2v) is 10.8. The van der Waals surface area contributed by atoms with Gasteiger partial charge in [-0.3, -0.25) is 4.31 Å². The van der Waals surface area contributed by atoms with Crippen molar-refractivity contribution in [2.24, 2.45) is 0 Å². The van der Waals surface area contributed by atoms with Gasteiger partial charge in [0.1, 0.15) is 28.5 Å². The van der Waals surface area contributed by atoms with Gasteiger partial charge in [-0.25, -0.2) is 17.6 Å². The molecule has 0 atom stereocenters. The summed E-state index contributed by atoms with van der Waals surface area (Å²) >= 11 is 0. The summed E-state index contributed by atoms with van der Waals surface area (Å²) in [6, 6.07) is 15.5. The molecule has 0 aliphatic rings. The monoisotopic (exact) mass is 542 g/mol. The smallest absolute Gasteiger partial charge is 0.340 e. The quantitative estimate of drug-likeness (QED) is 0.249. The highest BCUT2D eigenvalue weighted by atomic mass is 32.2. The molecule has 0 radical (unpaired) electrons. The van der Waals surface area contributed by atoms with E-state index in [0.717, 1.165) is 10.6 Å². The highest BCUT2D eigenvalue weighted by Gasteiger charge is 2.27. The molecule has 0 fully saturated rings. The van der Waals surface area contributed by atoms with Gasteiger partial charge >= 0.3 is 5.97 Å². The number of hydrogen-bond acceptors (Lipinski definition) is 7. The van der Waals surface area contributed by atoms with Crippen molar-refractivity contribution in [2.75, 3.05) is 29.0 Å².